The number of carbonyl (C=O) groups excluding carboxylic acids is 1. The second kappa shape index (κ2) is 10.2. The Kier molecular flexibility index (Phi) is 7.84. The molecule has 0 amide bonds. The number of rotatable bonds is 5. The molecule has 0 saturated carbocycles. The van der Waals surface area contributed by atoms with E-state index >= 15 is 0 Å². The standard InChI is InChI=1S/C23H18F3N3O5S.Na/c1-11-4-6-14(34-12(2)21(31)32)9-15(11)20-16-8-13(5-7-17(16)35-27-20)29-19(30)10-18(23(24,25)26)28(3)22(29)33;/h4-10,12H,1-3H3,(H,31,32);/q;+1/p-1. The Morgan fingerprint density at radius 1 is 1.14 bits per heavy atom. The maximum absolute atomic E-state index is 13.2. The van der Waals surface area contributed by atoms with E-state index in [1.807, 2.05) is 6.92 Å². The number of hydrogen-bond donors (Lipinski definition) is 0. The molecule has 2 aromatic carbocycles. The van der Waals surface area contributed by atoms with Gasteiger partial charge in [-0.25, -0.2) is 9.36 Å². The Hall–Kier alpha value is -2.93. The third kappa shape index (κ3) is 5.12. The first-order chi connectivity index (χ1) is 16.4. The van der Waals surface area contributed by atoms with Crippen molar-refractivity contribution in [2.75, 3.05) is 0 Å². The van der Waals surface area contributed by atoms with Gasteiger partial charge in [-0.15, -0.1) is 0 Å². The van der Waals surface area contributed by atoms with E-state index in [-0.39, 0.29) is 41.0 Å². The third-order valence-electron chi connectivity index (χ3n) is 5.43. The van der Waals surface area contributed by atoms with Gasteiger partial charge < -0.3 is 14.6 Å². The number of carbonyl (C=O) groups is 1. The fourth-order valence-corrected chi connectivity index (χ4v) is 4.35. The minimum absolute atomic E-state index is 0. The molecule has 2 aromatic heterocycles. The van der Waals surface area contributed by atoms with Crippen LogP contribution in [0.1, 0.15) is 18.2 Å². The van der Waals surface area contributed by atoms with Gasteiger partial charge in [-0.3, -0.25) is 9.36 Å². The average Bonchev–Trinajstić information content (AvgIpc) is 3.20. The number of hydrogen-bond acceptors (Lipinski definition) is 7. The Morgan fingerprint density at radius 2 is 1.83 bits per heavy atom. The summed E-state index contributed by atoms with van der Waals surface area (Å²) >= 11 is 1.15. The summed E-state index contributed by atoms with van der Waals surface area (Å²) in [6, 6.07) is 9.88. The number of nitrogens with zero attached hydrogens (tertiary/aromatic N) is 3. The number of carboxylic acid groups (broad SMARTS) is 1. The number of aromatic nitrogens is 3. The molecule has 36 heavy (non-hydrogen) atoms. The number of aliphatic carboxylic acids is 1. The zero-order valence-electron chi connectivity index (χ0n) is 19.5. The van der Waals surface area contributed by atoms with E-state index in [0.29, 0.717) is 36.5 Å². The molecule has 0 saturated heterocycles. The number of benzene rings is 2. The van der Waals surface area contributed by atoms with E-state index in [9.17, 15) is 32.7 Å². The first kappa shape index (κ1) is 27.7. The zero-order valence-corrected chi connectivity index (χ0v) is 22.4. The summed E-state index contributed by atoms with van der Waals surface area (Å²) in [5, 5.41) is 11.6. The number of halogens is 3. The van der Waals surface area contributed by atoms with Crippen LogP contribution in [-0.4, -0.2) is 25.6 Å². The number of carboxylic acids is 1. The summed E-state index contributed by atoms with van der Waals surface area (Å²) in [7, 11) is 0.944. The molecule has 4 aromatic rings. The van der Waals surface area contributed by atoms with Crippen molar-refractivity contribution in [3.05, 3.63) is 74.6 Å². The molecule has 182 valence electrons. The van der Waals surface area contributed by atoms with Crippen molar-refractivity contribution in [1.82, 2.24) is 13.5 Å². The minimum Gasteiger partial charge on any atom is -0.546 e. The second-order valence-corrected chi connectivity index (χ2v) is 8.62. The summed E-state index contributed by atoms with van der Waals surface area (Å²) in [6.45, 7) is 3.15. The number of fused-ring (bicyclic) bond motifs is 1. The summed E-state index contributed by atoms with van der Waals surface area (Å²) in [5.41, 5.74) is -1.64. The van der Waals surface area contributed by atoms with Crippen molar-refractivity contribution in [2.45, 2.75) is 26.1 Å². The molecule has 8 nitrogen and oxygen atoms in total. The maximum Gasteiger partial charge on any atom is 1.00 e. The van der Waals surface area contributed by atoms with E-state index in [4.69, 9.17) is 4.74 Å². The van der Waals surface area contributed by atoms with Gasteiger partial charge in [0, 0.05) is 24.1 Å². The fraction of sp³-hybridized carbons (Fsp3) is 0.217. The van der Waals surface area contributed by atoms with Crippen molar-refractivity contribution < 1.29 is 57.4 Å². The zero-order chi connectivity index (χ0) is 25.7. The van der Waals surface area contributed by atoms with Crippen molar-refractivity contribution in [3.63, 3.8) is 0 Å². The molecule has 0 aliphatic heterocycles. The van der Waals surface area contributed by atoms with Gasteiger partial charge in [0.15, 0.2) is 0 Å². The van der Waals surface area contributed by atoms with Crippen LogP contribution in [0.5, 0.6) is 5.75 Å². The molecule has 0 spiro atoms. The number of aryl methyl sites for hydroxylation is 1. The molecule has 0 N–H and O–H groups in total. The summed E-state index contributed by atoms with van der Waals surface area (Å²) in [5.74, 6) is -1.10. The molecule has 1 unspecified atom stereocenters. The van der Waals surface area contributed by atoms with Gasteiger partial charge in [0.25, 0.3) is 5.56 Å². The topological polar surface area (TPSA) is 106 Å². The normalized spacial score (nSPS) is 12.3. The van der Waals surface area contributed by atoms with Crippen molar-refractivity contribution in [2.24, 2.45) is 7.05 Å². The number of alkyl halides is 3. The van der Waals surface area contributed by atoms with Gasteiger partial charge in [-0.1, -0.05) is 6.07 Å². The van der Waals surface area contributed by atoms with Crippen LogP contribution in [0.4, 0.5) is 13.2 Å². The third-order valence-corrected chi connectivity index (χ3v) is 6.26. The molecular formula is C23H17F3N3NaO5S. The van der Waals surface area contributed by atoms with Crippen LogP contribution >= 0.6 is 11.5 Å². The van der Waals surface area contributed by atoms with Gasteiger partial charge in [-0.05, 0) is 61.3 Å². The predicted molar refractivity (Wildman–Crippen MR) is 121 cm³/mol. The van der Waals surface area contributed by atoms with E-state index in [1.54, 1.807) is 24.3 Å². The molecular weight excluding hydrogens is 510 g/mol. The van der Waals surface area contributed by atoms with Crippen molar-refractivity contribution in [1.29, 1.82) is 0 Å². The molecule has 2 heterocycles. The summed E-state index contributed by atoms with van der Waals surface area (Å²) in [4.78, 5) is 36.2. The second-order valence-electron chi connectivity index (χ2n) is 7.81. The SMILES string of the molecule is Cc1ccc(OC(C)C(=O)[O-])cc1-c1nsc2ccc(-n3c(=O)cc(C(F)(F)F)n(C)c3=O)cc12.[Na+]. The first-order valence-electron chi connectivity index (χ1n) is 10.2. The Bertz CT molecular complexity index is 1590. The summed E-state index contributed by atoms with van der Waals surface area (Å²) < 4.78 is 51.1. The van der Waals surface area contributed by atoms with E-state index in [1.165, 1.54) is 19.1 Å². The molecule has 0 bridgehead atoms. The van der Waals surface area contributed by atoms with Crippen LogP contribution in [0.3, 0.4) is 0 Å². The van der Waals surface area contributed by atoms with Crippen molar-refractivity contribution in [3.8, 4) is 22.7 Å². The Labute approximate surface area is 228 Å². The van der Waals surface area contributed by atoms with Crippen LogP contribution < -0.4 is 50.6 Å². The smallest absolute Gasteiger partial charge is 0.546 e. The van der Waals surface area contributed by atoms with E-state index < -0.39 is 35.2 Å². The van der Waals surface area contributed by atoms with E-state index in [2.05, 4.69) is 4.37 Å². The molecule has 0 aliphatic rings. The Morgan fingerprint density at radius 3 is 2.47 bits per heavy atom. The van der Waals surface area contributed by atoms with Gasteiger partial charge in [0.05, 0.1) is 22.1 Å². The van der Waals surface area contributed by atoms with Crippen molar-refractivity contribution >= 4 is 27.6 Å². The molecule has 0 radical (unpaired) electrons. The van der Waals surface area contributed by atoms with Crippen LogP contribution in [0.2, 0.25) is 0 Å². The molecule has 4 rings (SSSR count). The van der Waals surface area contributed by atoms with Crippen LogP contribution in [0.15, 0.2) is 52.1 Å². The summed E-state index contributed by atoms with van der Waals surface area (Å²) in [6.07, 6.45) is -6.05. The first-order valence-corrected chi connectivity index (χ1v) is 10.9. The van der Waals surface area contributed by atoms with Crippen LogP contribution in [-0.2, 0) is 18.0 Å². The van der Waals surface area contributed by atoms with Gasteiger partial charge in [0.2, 0.25) is 0 Å². The average molecular weight is 527 g/mol. The van der Waals surface area contributed by atoms with E-state index in [0.717, 1.165) is 24.1 Å². The molecule has 13 heteroatoms. The molecule has 0 fully saturated rings. The minimum atomic E-state index is -4.86. The predicted octanol–water partition coefficient (Wildman–Crippen LogP) is -0.339. The monoisotopic (exact) mass is 527 g/mol. The largest absolute Gasteiger partial charge is 1.00 e. The number of ether oxygens (including phenoxy) is 1. The fourth-order valence-electron chi connectivity index (χ4n) is 3.58. The maximum atomic E-state index is 13.2. The Balaban J connectivity index is 0.00000361. The van der Waals surface area contributed by atoms with Gasteiger partial charge in [0.1, 0.15) is 17.5 Å². The van der Waals surface area contributed by atoms with Crippen LogP contribution in [0.25, 0.3) is 27.0 Å². The molecule has 1 atom stereocenters. The van der Waals surface area contributed by atoms with Gasteiger partial charge in [-0.2, -0.15) is 17.5 Å². The molecule has 0 aliphatic carbocycles. The quantitative estimate of drug-likeness (QED) is 0.329. The van der Waals surface area contributed by atoms with Gasteiger partial charge >= 0.3 is 41.4 Å². The van der Waals surface area contributed by atoms with Crippen LogP contribution in [0, 0.1) is 6.92 Å².